The van der Waals surface area contributed by atoms with Gasteiger partial charge in [0.15, 0.2) is 0 Å². The average molecular weight is 513 g/mol. The molecule has 0 radical (unpaired) electrons. The molecule has 4 aromatic rings. The fourth-order valence-corrected chi connectivity index (χ4v) is 7.40. The Bertz CT molecular complexity index is 1530. The highest BCUT2D eigenvalue weighted by molar-refractivity contribution is 5.86. The van der Waals surface area contributed by atoms with Gasteiger partial charge in [-0.25, -0.2) is 0 Å². The largest absolute Gasteiger partial charge is 0.0628 e. The van der Waals surface area contributed by atoms with Crippen LogP contribution in [-0.4, -0.2) is 0 Å². The third-order valence-electron chi connectivity index (χ3n) is 9.73. The van der Waals surface area contributed by atoms with Crippen LogP contribution in [0.25, 0.3) is 33.4 Å². The van der Waals surface area contributed by atoms with Gasteiger partial charge in [0.05, 0.1) is 0 Å². The van der Waals surface area contributed by atoms with Crippen molar-refractivity contribution >= 4 is 0 Å². The molecule has 0 fully saturated rings. The van der Waals surface area contributed by atoms with E-state index in [1.54, 1.807) is 11.1 Å². The van der Waals surface area contributed by atoms with Gasteiger partial charge in [-0.15, -0.1) is 0 Å². The van der Waals surface area contributed by atoms with Crippen LogP contribution in [0.15, 0.2) is 78.9 Å². The number of hydrogen-bond acceptors (Lipinski definition) is 0. The molecule has 0 nitrogen and oxygen atoms in total. The third kappa shape index (κ3) is 4.19. The van der Waals surface area contributed by atoms with E-state index in [9.17, 15) is 0 Å². The van der Waals surface area contributed by atoms with E-state index >= 15 is 0 Å². The Kier molecular flexibility index (Phi) is 6.37. The standard InChI is InChI=1S/C39H44/c1-25(2)18-20-39(21-19-26(3)4)34-11-9-8-10-30(34)33-17-14-29(24-37(33)39)28-13-16-32-31-15-12-27(5)22-35(31)38(6,7)36(32)23-28/h8-17,22-26H,18-21H2,1-7H3. The summed E-state index contributed by atoms with van der Waals surface area (Å²) in [6, 6.07) is 30.8. The van der Waals surface area contributed by atoms with Crippen molar-refractivity contribution in [1.82, 2.24) is 0 Å². The lowest BCUT2D eigenvalue weighted by atomic mass is 9.69. The number of benzene rings is 4. The Labute approximate surface area is 236 Å². The van der Waals surface area contributed by atoms with Gasteiger partial charge in [0.25, 0.3) is 0 Å². The molecule has 0 amide bonds. The molecule has 0 aliphatic heterocycles. The molecule has 0 spiro atoms. The van der Waals surface area contributed by atoms with Crippen molar-refractivity contribution in [3.05, 3.63) is 107 Å². The monoisotopic (exact) mass is 512 g/mol. The third-order valence-corrected chi connectivity index (χ3v) is 9.73. The van der Waals surface area contributed by atoms with Crippen LogP contribution < -0.4 is 0 Å². The summed E-state index contributed by atoms with van der Waals surface area (Å²) in [5.41, 5.74) is 15.9. The van der Waals surface area contributed by atoms with Gasteiger partial charge in [0.1, 0.15) is 0 Å². The minimum absolute atomic E-state index is 0.0119. The quantitative estimate of drug-likeness (QED) is 0.231. The molecule has 6 rings (SSSR count). The van der Waals surface area contributed by atoms with Gasteiger partial charge in [0.2, 0.25) is 0 Å². The Morgan fingerprint density at radius 1 is 0.538 bits per heavy atom. The summed E-state index contributed by atoms with van der Waals surface area (Å²) in [5.74, 6) is 1.40. The SMILES string of the molecule is Cc1ccc2c(c1)C(C)(C)c1cc(-c3ccc4c(c3)C(CCC(C)C)(CCC(C)C)c3ccccc3-4)ccc1-2. The molecule has 0 saturated carbocycles. The maximum Gasteiger partial charge on any atom is 0.0215 e. The van der Waals surface area contributed by atoms with E-state index in [-0.39, 0.29) is 10.8 Å². The summed E-state index contributed by atoms with van der Waals surface area (Å²) in [4.78, 5) is 0. The van der Waals surface area contributed by atoms with Crippen LogP contribution in [0.5, 0.6) is 0 Å². The summed E-state index contributed by atoms with van der Waals surface area (Å²) in [5, 5.41) is 0. The van der Waals surface area contributed by atoms with Crippen molar-refractivity contribution in [2.45, 2.75) is 85.0 Å². The lowest BCUT2D eigenvalue weighted by molar-refractivity contribution is 0.364. The van der Waals surface area contributed by atoms with E-state index in [2.05, 4.69) is 127 Å². The molecule has 0 atom stereocenters. The van der Waals surface area contributed by atoms with Crippen molar-refractivity contribution in [3.8, 4) is 33.4 Å². The first kappa shape index (κ1) is 26.1. The first-order chi connectivity index (χ1) is 18.6. The van der Waals surface area contributed by atoms with Crippen molar-refractivity contribution in [1.29, 1.82) is 0 Å². The van der Waals surface area contributed by atoms with Crippen LogP contribution in [0, 0.1) is 18.8 Å². The highest BCUT2D eigenvalue weighted by Gasteiger charge is 2.43. The van der Waals surface area contributed by atoms with Crippen molar-refractivity contribution in [2.24, 2.45) is 11.8 Å². The molecule has 0 N–H and O–H groups in total. The van der Waals surface area contributed by atoms with Gasteiger partial charge in [-0.1, -0.05) is 114 Å². The first-order valence-corrected chi connectivity index (χ1v) is 15.1. The topological polar surface area (TPSA) is 0 Å². The summed E-state index contributed by atoms with van der Waals surface area (Å²) < 4.78 is 0. The van der Waals surface area contributed by atoms with E-state index in [1.807, 2.05) is 0 Å². The molecule has 39 heavy (non-hydrogen) atoms. The van der Waals surface area contributed by atoms with Crippen LogP contribution in [0.4, 0.5) is 0 Å². The summed E-state index contributed by atoms with van der Waals surface area (Å²) in [7, 11) is 0. The molecule has 0 heteroatoms. The van der Waals surface area contributed by atoms with Crippen LogP contribution in [-0.2, 0) is 10.8 Å². The Morgan fingerprint density at radius 3 is 1.64 bits per heavy atom. The highest BCUT2D eigenvalue weighted by Crippen LogP contribution is 2.56. The van der Waals surface area contributed by atoms with Crippen molar-refractivity contribution < 1.29 is 0 Å². The Morgan fingerprint density at radius 2 is 1.03 bits per heavy atom. The molecular weight excluding hydrogens is 468 g/mol. The molecule has 2 aliphatic carbocycles. The van der Waals surface area contributed by atoms with Crippen molar-refractivity contribution in [3.63, 3.8) is 0 Å². The molecule has 4 aromatic carbocycles. The van der Waals surface area contributed by atoms with Gasteiger partial charge >= 0.3 is 0 Å². The molecule has 0 bridgehead atoms. The number of rotatable bonds is 7. The highest BCUT2D eigenvalue weighted by atomic mass is 14.5. The molecule has 200 valence electrons. The molecule has 0 saturated heterocycles. The average Bonchev–Trinajstić information content (AvgIpc) is 3.31. The Balaban J connectivity index is 1.49. The van der Waals surface area contributed by atoms with E-state index in [4.69, 9.17) is 0 Å². The fraction of sp³-hybridized carbons (Fsp3) is 0.385. The first-order valence-electron chi connectivity index (χ1n) is 15.1. The number of hydrogen-bond donors (Lipinski definition) is 0. The lowest BCUT2D eigenvalue weighted by Gasteiger charge is -2.34. The minimum Gasteiger partial charge on any atom is -0.0628 e. The van der Waals surface area contributed by atoms with Crippen molar-refractivity contribution in [2.75, 3.05) is 0 Å². The van der Waals surface area contributed by atoms with E-state index < -0.39 is 0 Å². The summed E-state index contributed by atoms with van der Waals surface area (Å²) in [6.45, 7) is 16.5. The number of aryl methyl sites for hydroxylation is 1. The Hall–Kier alpha value is -3.12. The zero-order valence-corrected chi connectivity index (χ0v) is 25.0. The number of fused-ring (bicyclic) bond motifs is 6. The zero-order chi connectivity index (χ0) is 27.5. The second-order valence-electron chi connectivity index (χ2n) is 13.7. The lowest BCUT2D eigenvalue weighted by Crippen LogP contribution is -2.26. The van der Waals surface area contributed by atoms with Gasteiger partial charge in [-0.3, -0.25) is 0 Å². The minimum atomic E-state index is 0.0119. The second-order valence-corrected chi connectivity index (χ2v) is 13.7. The predicted molar refractivity (Wildman–Crippen MR) is 169 cm³/mol. The second kappa shape index (κ2) is 9.51. The molecule has 0 heterocycles. The maximum atomic E-state index is 2.57. The van der Waals surface area contributed by atoms with Crippen LogP contribution >= 0.6 is 0 Å². The van der Waals surface area contributed by atoms with Crippen LogP contribution in [0.1, 0.15) is 95.0 Å². The smallest absolute Gasteiger partial charge is 0.0215 e. The summed E-state index contributed by atoms with van der Waals surface area (Å²) >= 11 is 0. The van der Waals surface area contributed by atoms with E-state index in [0.717, 1.165) is 0 Å². The zero-order valence-electron chi connectivity index (χ0n) is 25.0. The van der Waals surface area contributed by atoms with Crippen LogP contribution in [0.2, 0.25) is 0 Å². The molecule has 2 aliphatic rings. The molecule has 0 unspecified atom stereocenters. The van der Waals surface area contributed by atoms with Crippen LogP contribution in [0.3, 0.4) is 0 Å². The predicted octanol–water partition coefficient (Wildman–Crippen LogP) is 11.1. The van der Waals surface area contributed by atoms with E-state index in [0.29, 0.717) is 11.8 Å². The maximum absolute atomic E-state index is 2.57. The van der Waals surface area contributed by atoms with Gasteiger partial charge in [-0.05, 0) is 112 Å². The molecular formula is C39H44. The normalized spacial score (nSPS) is 15.8. The fourth-order valence-electron chi connectivity index (χ4n) is 7.40. The van der Waals surface area contributed by atoms with Gasteiger partial charge in [-0.2, -0.15) is 0 Å². The summed E-state index contributed by atoms with van der Waals surface area (Å²) in [6.07, 6.45) is 4.94. The molecule has 0 aromatic heterocycles. The van der Waals surface area contributed by atoms with E-state index in [1.165, 1.54) is 75.8 Å². The van der Waals surface area contributed by atoms with Gasteiger partial charge in [0, 0.05) is 10.8 Å². The van der Waals surface area contributed by atoms with Gasteiger partial charge < -0.3 is 0 Å².